The van der Waals surface area contributed by atoms with Crippen LogP contribution in [0.2, 0.25) is 0 Å². The first-order valence-corrected chi connectivity index (χ1v) is 12.6. The molecule has 0 aromatic heterocycles. The van der Waals surface area contributed by atoms with Gasteiger partial charge in [0, 0.05) is 5.56 Å². The molecule has 0 atom stereocenters. The Hall–Kier alpha value is -4.64. The molecule has 39 heavy (non-hydrogen) atoms. The van der Waals surface area contributed by atoms with Crippen LogP contribution in [-0.2, 0) is 9.53 Å². The number of carbonyl (C=O) groups is 3. The number of benzene rings is 3. The van der Waals surface area contributed by atoms with Crippen molar-refractivity contribution in [2.45, 2.75) is 13.3 Å². The number of para-hydroxylation sites is 1. The first-order chi connectivity index (χ1) is 18.9. The molecule has 0 fully saturated rings. The van der Waals surface area contributed by atoms with Crippen LogP contribution >= 0.6 is 12.2 Å². The molecule has 0 saturated carbocycles. The SMILES string of the molecule is CCCOC(=O)c1ccc(OCC(=O)NNC(=S)NC(=O)c2cccc(OCCOc3ccccc3)c2)cc1. The van der Waals surface area contributed by atoms with Crippen molar-refractivity contribution in [1.82, 2.24) is 16.2 Å². The van der Waals surface area contributed by atoms with Gasteiger partial charge in [0.2, 0.25) is 0 Å². The summed E-state index contributed by atoms with van der Waals surface area (Å²) >= 11 is 5.07. The summed E-state index contributed by atoms with van der Waals surface area (Å²) in [4.78, 5) is 36.4. The lowest BCUT2D eigenvalue weighted by atomic mass is 10.2. The zero-order chi connectivity index (χ0) is 27.9. The van der Waals surface area contributed by atoms with Crippen molar-refractivity contribution in [3.63, 3.8) is 0 Å². The highest BCUT2D eigenvalue weighted by molar-refractivity contribution is 7.80. The number of esters is 1. The zero-order valence-corrected chi connectivity index (χ0v) is 22.1. The minimum absolute atomic E-state index is 0.106. The molecular weight excluding hydrogens is 522 g/mol. The molecule has 3 rings (SSSR count). The third-order valence-corrected chi connectivity index (χ3v) is 5.10. The molecule has 2 amide bonds. The summed E-state index contributed by atoms with van der Waals surface area (Å²) < 4.78 is 21.7. The molecule has 0 saturated heterocycles. The largest absolute Gasteiger partial charge is 0.490 e. The molecule has 0 aliphatic rings. The molecule has 204 valence electrons. The first-order valence-electron chi connectivity index (χ1n) is 12.2. The molecule has 11 heteroatoms. The molecule has 3 aromatic rings. The Kier molecular flexibility index (Phi) is 11.6. The van der Waals surface area contributed by atoms with Gasteiger partial charge in [-0.3, -0.25) is 25.8 Å². The topological polar surface area (TPSA) is 124 Å². The van der Waals surface area contributed by atoms with Crippen LogP contribution in [0.25, 0.3) is 0 Å². The van der Waals surface area contributed by atoms with Gasteiger partial charge in [0.05, 0.1) is 12.2 Å². The van der Waals surface area contributed by atoms with E-state index < -0.39 is 17.8 Å². The first kappa shape index (κ1) is 28.9. The standard InChI is InChI=1S/C28H29N3O7S/c1-2-15-37-27(34)20-11-13-23(14-12-20)38-19-25(32)30-31-28(39)29-26(33)21-7-6-10-24(18-21)36-17-16-35-22-8-4-3-5-9-22/h3-14,18H,2,15-17,19H2,1H3,(H,30,32)(H2,29,31,33,39). The van der Waals surface area contributed by atoms with E-state index in [2.05, 4.69) is 16.2 Å². The lowest BCUT2D eigenvalue weighted by molar-refractivity contribution is -0.123. The van der Waals surface area contributed by atoms with Gasteiger partial charge in [-0.05, 0) is 73.2 Å². The van der Waals surface area contributed by atoms with E-state index in [0.717, 1.165) is 12.2 Å². The van der Waals surface area contributed by atoms with Gasteiger partial charge in [-0.15, -0.1) is 0 Å². The van der Waals surface area contributed by atoms with Crippen LogP contribution in [0, 0.1) is 0 Å². The molecule has 0 aliphatic heterocycles. The molecule has 3 N–H and O–H groups in total. The third kappa shape index (κ3) is 10.3. The van der Waals surface area contributed by atoms with Crippen molar-refractivity contribution in [2.24, 2.45) is 0 Å². The van der Waals surface area contributed by atoms with E-state index in [1.54, 1.807) is 48.5 Å². The predicted molar refractivity (Wildman–Crippen MR) is 148 cm³/mol. The summed E-state index contributed by atoms with van der Waals surface area (Å²) in [5.41, 5.74) is 5.49. The van der Waals surface area contributed by atoms with Crippen LogP contribution in [0.15, 0.2) is 78.9 Å². The van der Waals surface area contributed by atoms with E-state index in [0.29, 0.717) is 42.4 Å². The summed E-state index contributed by atoms with van der Waals surface area (Å²) in [6.45, 7) is 2.57. The van der Waals surface area contributed by atoms with Gasteiger partial charge in [0.1, 0.15) is 30.5 Å². The van der Waals surface area contributed by atoms with Crippen LogP contribution in [0.5, 0.6) is 17.2 Å². The fourth-order valence-electron chi connectivity index (χ4n) is 3.05. The van der Waals surface area contributed by atoms with Crippen LogP contribution in [0.3, 0.4) is 0 Å². The third-order valence-electron chi connectivity index (χ3n) is 4.90. The van der Waals surface area contributed by atoms with Crippen molar-refractivity contribution >= 4 is 35.1 Å². The second-order valence-electron chi connectivity index (χ2n) is 7.94. The van der Waals surface area contributed by atoms with Crippen LogP contribution in [-0.4, -0.2) is 49.3 Å². The van der Waals surface area contributed by atoms with Crippen molar-refractivity contribution in [3.8, 4) is 17.2 Å². The van der Waals surface area contributed by atoms with Crippen LogP contribution in [0.4, 0.5) is 0 Å². The Labute approximate surface area is 231 Å². The van der Waals surface area contributed by atoms with Crippen molar-refractivity contribution in [3.05, 3.63) is 90.0 Å². The molecular formula is C28H29N3O7S. The van der Waals surface area contributed by atoms with Gasteiger partial charge in [0.25, 0.3) is 11.8 Å². The van der Waals surface area contributed by atoms with E-state index in [-0.39, 0.29) is 11.7 Å². The quantitative estimate of drug-likeness (QED) is 0.134. The highest BCUT2D eigenvalue weighted by Crippen LogP contribution is 2.15. The number of amides is 2. The highest BCUT2D eigenvalue weighted by atomic mass is 32.1. The van der Waals surface area contributed by atoms with Gasteiger partial charge in [-0.1, -0.05) is 31.2 Å². The fourth-order valence-corrected chi connectivity index (χ4v) is 3.19. The number of hydrogen-bond donors (Lipinski definition) is 3. The van der Waals surface area contributed by atoms with E-state index in [1.807, 2.05) is 37.3 Å². The van der Waals surface area contributed by atoms with Gasteiger partial charge < -0.3 is 18.9 Å². The lowest BCUT2D eigenvalue weighted by Gasteiger charge is -2.12. The monoisotopic (exact) mass is 551 g/mol. The van der Waals surface area contributed by atoms with E-state index in [9.17, 15) is 14.4 Å². The number of hydrogen-bond acceptors (Lipinski definition) is 8. The Morgan fingerprint density at radius 3 is 2.10 bits per heavy atom. The molecule has 3 aromatic carbocycles. The fraction of sp³-hybridized carbons (Fsp3) is 0.214. The molecule has 10 nitrogen and oxygen atoms in total. The van der Waals surface area contributed by atoms with Gasteiger partial charge >= 0.3 is 5.97 Å². The number of carbonyl (C=O) groups excluding carboxylic acids is 3. The van der Waals surface area contributed by atoms with E-state index >= 15 is 0 Å². The summed E-state index contributed by atoms with van der Waals surface area (Å²) in [5.74, 6) is 0.187. The average molecular weight is 552 g/mol. The van der Waals surface area contributed by atoms with Gasteiger partial charge in [-0.25, -0.2) is 4.79 Å². The Bertz CT molecular complexity index is 1250. The number of hydrazine groups is 1. The van der Waals surface area contributed by atoms with E-state index in [1.165, 1.54) is 0 Å². The average Bonchev–Trinajstić information content (AvgIpc) is 2.97. The lowest BCUT2D eigenvalue weighted by Crippen LogP contribution is -2.49. The van der Waals surface area contributed by atoms with Crippen LogP contribution in [0.1, 0.15) is 34.1 Å². The summed E-state index contributed by atoms with van der Waals surface area (Å²) in [5, 5.41) is 2.37. The minimum atomic E-state index is -0.536. The van der Waals surface area contributed by atoms with Crippen molar-refractivity contribution in [2.75, 3.05) is 26.4 Å². The summed E-state index contributed by atoms with van der Waals surface area (Å²) in [6.07, 6.45) is 0.734. The molecule has 0 unspecified atom stereocenters. The normalized spacial score (nSPS) is 10.1. The zero-order valence-electron chi connectivity index (χ0n) is 21.3. The molecule has 0 aliphatic carbocycles. The summed E-state index contributed by atoms with van der Waals surface area (Å²) in [7, 11) is 0. The maximum absolute atomic E-state index is 12.5. The Morgan fingerprint density at radius 1 is 0.718 bits per heavy atom. The summed E-state index contributed by atoms with van der Waals surface area (Å²) in [6, 6.07) is 22.2. The number of nitrogens with one attached hydrogen (secondary N) is 3. The van der Waals surface area contributed by atoms with Gasteiger partial charge in [-0.2, -0.15) is 0 Å². The van der Waals surface area contributed by atoms with Gasteiger partial charge in [0.15, 0.2) is 11.7 Å². The second kappa shape index (κ2) is 15.6. The number of rotatable bonds is 12. The Balaban J connectivity index is 1.35. The highest BCUT2D eigenvalue weighted by Gasteiger charge is 2.11. The van der Waals surface area contributed by atoms with Crippen LogP contribution < -0.4 is 30.4 Å². The maximum Gasteiger partial charge on any atom is 0.338 e. The molecule has 0 radical (unpaired) electrons. The molecule has 0 bridgehead atoms. The minimum Gasteiger partial charge on any atom is -0.490 e. The second-order valence-corrected chi connectivity index (χ2v) is 8.35. The molecule has 0 spiro atoms. The van der Waals surface area contributed by atoms with Crippen molar-refractivity contribution < 1.29 is 33.3 Å². The number of ether oxygens (including phenoxy) is 4. The Morgan fingerprint density at radius 2 is 1.38 bits per heavy atom. The smallest absolute Gasteiger partial charge is 0.338 e. The molecule has 0 heterocycles. The van der Waals surface area contributed by atoms with Crippen molar-refractivity contribution in [1.29, 1.82) is 0 Å². The van der Waals surface area contributed by atoms with E-state index in [4.69, 9.17) is 31.2 Å². The number of thiocarbonyl (C=S) groups is 1. The maximum atomic E-state index is 12.5. The predicted octanol–water partition coefficient (Wildman–Crippen LogP) is 3.43.